The average molecular weight is 319 g/mol. The lowest BCUT2D eigenvalue weighted by Gasteiger charge is -2.10. The van der Waals surface area contributed by atoms with Crippen molar-refractivity contribution in [3.63, 3.8) is 0 Å². The molecule has 0 aliphatic rings. The number of Topliss-reactive ketones (excluding diaryl/α,β-unsaturated/α-hetero) is 1. The molecule has 0 radical (unpaired) electrons. The molecule has 0 unspecified atom stereocenters. The number of carbonyl (C=O) groups is 3. The number of amides is 1. The zero-order chi connectivity index (χ0) is 17.4. The highest BCUT2D eigenvalue weighted by molar-refractivity contribution is 5.99. The van der Waals surface area contributed by atoms with Gasteiger partial charge in [0.2, 0.25) is 5.91 Å². The molecule has 5 heteroatoms. The number of benzene rings is 1. The summed E-state index contributed by atoms with van der Waals surface area (Å²) in [6, 6.07) is 3.99. The molecule has 0 atom stereocenters. The van der Waals surface area contributed by atoms with E-state index < -0.39 is 5.97 Å². The third kappa shape index (κ3) is 6.63. The maximum Gasteiger partial charge on any atom is 0.303 e. The second-order valence-electron chi connectivity index (χ2n) is 5.90. The van der Waals surface area contributed by atoms with Gasteiger partial charge < -0.3 is 10.4 Å². The SMILES string of the molecule is Cc1cc(C)c(C(=O)CCCC(=O)NCCCC(=O)O)c(C)c1. The van der Waals surface area contributed by atoms with Gasteiger partial charge in [0.25, 0.3) is 0 Å². The van der Waals surface area contributed by atoms with E-state index in [1.54, 1.807) is 0 Å². The lowest BCUT2D eigenvalue weighted by Crippen LogP contribution is -2.24. The summed E-state index contributed by atoms with van der Waals surface area (Å²) in [5.41, 5.74) is 3.85. The van der Waals surface area contributed by atoms with Crippen molar-refractivity contribution in [2.24, 2.45) is 0 Å². The average Bonchev–Trinajstić information content (AvgIpc) is 2.42. The van der Waals surface area contributed by atoms with E-state index in [1.807, 2.05) is 32.9 Å². The summed E-state index contributed by atoms with van der Waals surface area (Å²) in [4.78, 5) is 34.3. The Morgan fingerprint density at radius 1 is 0.957 bits per heavy atom. The van der Waals surface area contributed by atoms with Gasteiger partial charge in [-0.05, 0) is 44.7 Å². The second kappa shape index (κ2) is 9.08. The Labute approximate surface area is 137 Å². The number of nitrogens with one attached hydrogen (secondary N) is 1. The normalized spacial score (nSPS) is 10.4. The molecule has 1 aromatic rings. The predicted molar refractivity (Wildman–Crippen MR) is 88.7 cm³/mol. The van der Waals surface area contributed by atoms with E-state index in [1.165, 1.54) is 0 Å². The first-order chi connectivity index (χ1) is 10.8. The molecule has 0 saturated carbocycles. The molecule has 0 aliphatic carbocycles. The van der Waals surface area contributed by atoms with Gasteiger partial charge in [0.05, 0.1) is 0 Å². The maximum atomic E-state index is 12.3. The van der Waals surface area contributed by atoms with Crippen LogP contribution in [0.25, 0.3) is 0 Å². The fourth-order valence-electron chi connectivity index (χ4n) is 2.71. The molecule has 1 rings (SSSR count). The lowest BCUT2D eigenvalue weighted by molar-refractivity contribution is -0.137. The minimum absolute atomic E-state index is 0.0464. The Morgan fingerprint density at radius 3 is 2.13 bits per heavy atom. The molecular formula is C18H25NO4. The van der Waals surface area contributed by atoms with E-state index in [-0.39, 0.29) is 24.5 Å². The van der Waals surface area contributed by atoms with Crippen molar-refractivity contribution in [3.8, 4) is 0 Å². The molecule has 2 N–H and O–H groups in total. The summed E-state index contributed by atoms with van der Waals surface area (Å²) in [5.74, 6) is -0.937. The van der Waals surface area contributed by atoms with E-state index >= 15 is 0 Å². The van der Waals surface area contributed by atoms with Crippen LogP contribution in [0, 0.1) is 20.8 Å². The summed E-state index contributed by atoms with van der Waals surface area (Å²) in [7, 11) is 0. The summed E-state index contributed by atoms with van der Waals surface area (Å²) >= 11 is 0. The Hall–Kier alpha value is -2.17. The molecule has 5 nitrogen and oxygen atoms in total. The van der Waals surface area contributed by atoms with Crippen LogP contribution in [-0.4, -0.2) is 29.3 Å². The van der Waals surface area contributed by atoms with Crippen molar-refractivity contribution in [2.75, 3.05) is 6.54 Å². The van der Waals surface area contributed by atoms with E-state index in [0.717, 1.165) is 22.3 Å². The second-order valence-corrected chi connectivity index (χ2v) is 5.90. The smallest absolute Gasteiger partial charge is 0.303 e. The number of aliphatic carboxylic acids is 1. The van der Waals surface area contributed by atoms with Gasteiger partial charge in [0.1, 0.15) is 0 Å². The fourth-order valence-corrected chi connectivity index (χ4v) is 2.71. The van der Waals surface area contributed by atoms with Gasteiger partial charge in [-0.2, -0.15) is 0 Å². The predicted octanol–water partition coefficient (Wildman–Crippen LogP) is 2.95. The quantitative estimate of drug-likeness (QED) is 0.541. The molecular weight excluding hydrogens is 294 g/mol. The first-order valence-corrected chi connectivity index (χ1v) is 7.90. The Morgan fingerprint density at radius 2 is 1.57 bits per heavy atom. The van der Waals surface area contributed by atoms with Crippen molar-refractivity contribution in [1.82, 2.24) is 5.32 Å². The van der Waals surface area contributed by atoms with Gasteiger partial charge >= 0.3 is 5.97 Å². The van der Waals surface area contributed by atoms with Crippen LogP contribution in [0.2, 0.25) is 0 Å². The monoisotopic (exact) mass is 319 g/mol. The van der Waals surface area contributed by atoms with E-state index in [4.69, 9.17) is 5.11 Å². The van der Waals surface area contributed by atoms with E-state index in [9.17, 15) is 14.4 Å². The topological polar surface area (TPSA) is 83.5 Å². The molecule has 1 amide bonds. The molecule has 0 heterocycles. The number of hydrogen-bond donors (Lipinski definition) is 2. The molecule has 0 aromatic heterocycles. The number of rotatable bonds is 9. The van der Waals surface area contributed by atoms with Crippen LogP contribution in [0.15, 0.2) is 12.1 Å². The van der Waals surface area contributed by atoms with E-state index in [0.29, 0.717) is 25.8 Å². The van der Waals surface area contributed by atoms with Gasteiger partial charge in [-0.15, -0.1) is 0 Å². The lowest BCUT2D eigenvalue weighted by atomic mass is 9.94. The first kappa shape index (κ1) is 18.9. The fraction of sp³-hybridized carbons (Fsp3) is 0.500. The maximum absolute atomic E-state index is 12.3. The van der Waals surface area contributed by atoms with Crippen molar-refractivity contribution in [2.45, 2.75) is 52.9 Å². The number of carbonyl (C=O) groups excluding carboxylic acids is 2. The minimum atomic E-state index is -0.867. The summed E-state index contributed by atoms with van der Waals surface area (Å²) < 4.78 is 0. The van der Waals surface area contributed by atoms with Crippen molar-refractivity contribution in [3.05, 3.63) is 34.4 Å². The van der Waals surface area contributed by atoms with Gasteiger partial charge in [-0.1, -0.05) is 17.7 Å². The molecule has 1 aromatic carbocycles. The largest absolute Gasteiger partial charge is 0.481 e. The zero-order valence-electron chi connectivity index (χ0n) is 14.1. The molecule has 0 spiro atoms. The molecule has 0 aliphatic heterocycles. The number of ketones is 1. The van der Waals surface area contributed by atoms with Crippen LogP contribution < -0.4 is 5.32 Å². The summed E-state index contributed by atoms with van der Waals surface area (Å²) in [6.45, 7) is 6.23. The molecule has 23 heavy (non-hydrogen) atoms. The Kier molecular flexibility index (Phi) is 7.45. The van der Waals surface area contributed by atoms with Crippen molar-refractivity contribution < 1.29 is 19.5 Å². The molecule has 0 bridgehead atoms. The zero-order valence-corrected chi connectivity index (χ0v) is 14.1. The molecule has 0 fully saturated rings. The first-order valence-electron chi connectivity index (χ1n) is 7.90. The standard InChI is InChI=1S/C18H25NO4/c1-12-10-13(2)18(14(3)11-12)15(20)6-4-7-16(21)19-9-5-8-17(22)23/h10-11H,4-9H2,1-3H3,(H,19,21)(H,22,23). The third-order valence-electron chi connectivity index (χ3n) is 3.65. The summed E-state index contributed by atoms with van der Waals surface area (Å²) in [5, 5.41) is 11.2. The summed E-state index contributed by atoms with van der Waals surface area (Å²) in [6.07, 6.45) is 1.58. The highest BCUT2D eigenvalue weighted by atomic mass is 16.4. The van der Waals surface area contributed by atoms with Crippen LogP contribution >= 0.6 is 0 Å². The van der Waals surface area contributed by atoms with Crippen LogP contribution in [0.5, 0.6) is 0 Å². The third-order valence-corrected chi connectivity index (χ3v) is 3.65. The number of aryl methyl sites for hydroxylation is 3. The van der Waals surface area contributed by atoms with Crippen molar-refractivity contribution >= 4 is 17.7 Å². The Bertz CT molecular complexity index is 570. The number of hydrogen-bond acceptors (Lipinski definition) is 3. The van der Waals surface area contributed by atoms with E-state index in [2.05, 4.69) is 5.32 Å². The minimum Gasteiger partial charge on any atom is -0.481 e. The molecule has 126 valence electrons. The van der Waals surface area contributed by atoms with Crippen molar-refractivity contribution in [1.29, 1.82) is 0 Å². The highest BCUT2D eigenvalue weighted by Crippen LogP contribution is 2.19. The number of carboxylic acid groups (broad SMARTS) is 1. The van der Waals surface area contributed by atoms with Gasteiger partial charge in [0.15, 0.2) is 5.78 Å². The van der Waals surface area contributed by atoms with Crippen LogP contribution in [0.1, 0.15) is 59.2 Å². The van der Waals surface area contributed by atoms with Crippen LogP contribution in [0.4, 0.5) is 0 Å². The van der Waals surface area contributed by atoms with Gasteiger partial charge in [0, 0.05) is 31.4 Å². The van der Waals surface area contributed by atoms with Crippen LogP contribution in [-0.2, 0) is 9.59 Å². The van der Waals surface area contributed by atoms with Gasteiger partial charge in [-0.25, -0.2) is 0 Å². The highest BCUT2D eigenvalue weighted by Gasteiger charge is 2.13. The Balaban J connectivity index is 2.37. The van der Waals surface area contributed by atoms with Crippen LogP contribution in [0.3, 0.4) is 0 Å². The van der Waals surface area contributed by atoms with Gasteiger partial charge in [-0.3, -0.25) is 14.4 Å². The number of carboxylic acids is 1. The molecule has 0 saturated heterocycles.